The molecule has 0 fully saturated rings. The average molecular weight is 359 g/mol. The van der Waals surface area contributed by atoms with E-state index in [1.807, 2.05) is 36.4 Å². The number of nitrogens with zero attached hydrogens (tertiary/aromatic N) is 2. The third-order valence-corrected chi connectivity index (χ3v) is 4.99. The number of H-pyrrole nitrogens is 1. The maximum atomic E-state index is 5.68. The molecule has 0 aromatic carbocycles. The number of nitrogens with one attached hydrogen (secondary N) is 1. The number of aromatic amines is 1. The van der Waals surface area contributed by atoms with Gasteiger partial charge in [0.15, 0.2) is 5.76 Å². The van der Waals surface area contributed by atoms with E-state index in [0.29, 0.717) is 5.89 Å². The predicted octanol–water partition coefficient (Wildman–Crippen LogP) is 5.72. The van der Waals surface area contributed by atoms with Crippen molar-refractivity contribution in [3.8, 4) is 44.7 Å². The van der Waals surface area contributed by atoms with E-state index in [2.05, 4.69) is 26.4 Å². The molecule has 6 heteroatoms. The molecule has 26 heavy (non-hydrogen) atoms. The highest BCUT2D eigenvalue weighted by atomic mass is 32.1. The molecule has 5 heterocycles. The van der Waals surface area contributed by atoms with Gasteiger partial charge in [-0.1, -0.05) is 12.1 Å². The van der Waals surface area contributed by atoms with Crippen molar-refractivity contribution in [3.05, 3.63) is 72.8 Å². The Balaban J connectivity index is 1.88. The van der Waals surface area contributed by atoms with Crippen LogP contribution in [0.25, 0.3) is 44.7 Å². The van der Waals surface area contributed by atoms with Crippen LogP contribution in [0.2, 0.25) is 0 Å². The van der Waals surface area contributed by atoms with Gasteiger partial charge in [0.25, 0.3) is 0 Å². The smallest absolute Gasteiger partial charge is 0.243 e. The molecule has 0 saturated heterocycles. The molecule has 0 aliphatic carbocycles. The van der Waals surface area contributed by atoms with Crippen LogP contribution >= 0.6 is 11.3 Å². The van der Waals surface area contributed by atoms with Gasteiger partial charge in [0.2, 0.25) is 5.89 Å². The van der Waals surface area contributed by atoms with Crippen LogP contribution in [0.4, 0.5) is 0 Å². The van der Waals surface area contributed by atoms with Crippen LogP contribution in [0.15, 0.2) is 81.6 Å². The van der Waals surface area contributed by atoms with Crippen molar-refractivity contribution in [3.63, 3.8) is 0 Å². The summed E-state index contributed by atoms with van der Waals surface area (Å²) >= 11 is 1.67. The number of pyridine rings is 1. The van der Waals surface area contributed by atoms with E-state index < -0.39 is 0 Å². The first-order chi connectivity index (χ1) is 12.9. The molecule has 0 aliphatic rings. The molecule has 0 saturated carbocycles. The molecule has 5 aromatic heterocycles. The second-order valence-corrected chi connectivity index (χ2v) is 6.58. The second-order valence-electron chi connectivity index (χ2n) is 5.63. The van der Waals surface area contributed by atoms with Gasteiger partial charge in [-0.2, -0.15) is 0 Å². The summed E-state index contributed by atoms with van der Waals surface area (Å²) in [6, 6.07) is 13.8. The fraction of sp³-hybridized carbons (Fsp3) is 0. The normalized spacial score (nSPS) is 11.1. The van der Waals surface area contributed by atoms with Gasteiger partial charge in [-0.15, -0.1) is 11.3 Å². The largest absolute Gasteiger partial charge is 0.463 e. The molecule has 5 aromatic rings. The van der Waals surface area contributed by atoms with E-state index in [1.165, 1.54) is 0 Å². The van der Waals surface area contributed by atoms with Crippen LogP contribution < -0.4 is 0 Å². The summed E-state index contributed by atoms with van der Waals surface area (Å²) in [5, 5.41) is 2.06. The molecule has 1 N–H and O–H groups in total. The summed E-state index contributed by atoms with van der Waals surface area (Å²) in [5.41, 5.74) is 4.48. The highest BCUT2D eigenvalue weighted by Gasteiger charge is 2.26. The van der Waals surface area contributed by atoms with E-state index in [0.717, 1.165) is 38.8 Å². The highest BCUT2D eigenvalue weighted by molar-refractivity contribution is 7.13. The number of aromatic nitrogens is 3. The van der Waals surface area contributed by atoms with E-state index in [1.54, 1.807) is 36.3 Å². The molecule has 0 unspecified atom stereocenters. The number of hydrogen-bond donors (Lipinski definition) is 1. The molecule has 0 aliphatic heterocycles. The zero-order chi connectivity index (χ0) is 17.3. The standard InChI is InChI=1S/C20H13N3O2S/c1-2-8-21-13(5-1)16-17(15-7-4-12-26-15)18(14-6-3-10-24-14)23-19(16)20-22-9-11-25-20/h1-12,23H. The fourth-order valence-electron chi connectivity index (χ4n) is 3.05. The SMILES string of the molecule is c1ccc(-c2c(-c3ncco3)[nH]c(-c3ccco3)c2-c2cccs2)nc1. The summed E-state index contributed by atoms with van der Waals surface area (Å²) in [4.78, 5) is 13.5. The Kier molecular flexibility index (Phi) is 3.54. The molecular weight excluding hydrogens is 346 g/mol. The van der Waals surface area contributed by atoms with Crippen LogP contribution in [-0.4, -0.2) is 15.0 Å². The number of thiophene rings is 1. The summed E-state index contributed by atoms with van der Waals surface area (Å²) in [5.74, 6) is 1.27. The maximum Gasteiger partial charge on any atom is 0.243 e. The number of oxazole rings is 1. The molecule has 0 atom stereocenters. The van der Waals surface area contributed by atoms with Crippen LogP contribution in [-0.2, 0) is 0 Å². The van der Waals surface area contributed by atoms with Crippen molar-refractivity contribution in [2.45, 2.75) is 0 Å². The topological polar surface area (TPSA) is 67.8 Å². The quantitative estimate of drug-likeness (QED) is 0.445. The van der Waals surface area contributed by atoms with Crippen molar-refractivity contribution in [1.82, 2.24) is 15.0 Å². The summed E-state index contributed by atoms with van der Waals surface area (Å²) in [7, 11) is 0. The molecule has 126 valence electrons. The van der Waals surface area contributed by atoms with Gasteiger partial charge in [0, 0.05) is 22.2 Å². The minimum Gasteiger partial charge on any atom is -0.463 e. The maximum absolute atomic E-state index is 5.68. The lowest BCUT2D eigenvalue weighted by atomic mass is 10.0. The monoisotopic (exact) mass is 359 g/mol. The van der Waals surface area contributed by atoms with E-state index in [-0.39, 0.29) is 0 Å². The molecule has 5 rings (SSSR count). The molecular formula is C20H13N3O2S. The lowest BCUT2D eigenvalue weighted by molar-refractivity contribution is 0.571. The van der Waals surface area contributed by atoms with Crippen molar-refractivity contribution in [1.29, 1.82) is 0 Å². The minimum absolute atomic E-state index is 0.515. The Labute approximate surface area is 153 Å². The minimum atomic E-state index is 0.515. The van der Waals surface area contributed by atoms with Crippen LogP contribution in [0.3, 0.4) is 0 Å². The van der Waals surface area contributed by atoms with E-state index >= 15 is 0 Å². The molecule has 0 radical (unpaired) electrons. The van der Waals surface area contributed by atoms with Gasteiger partial charge in [0.05, 0.1) is 23.8 Å². The van der Waals surface area contributed by atoms with Gasteiger partial charge in [-0.3, -0.25) is 4.98 Å². The third kappa shape index (κ3) is 2.39. The van der Waals surface area contributed by atoms with Crippen molar-refractivity contribution < 1.29 is 8.83 Å². The summed E-state index contributed by atoms with van der Waals surface area (Å²) < 4.78 is 11.3. The lowest BCUT2D eigenvalue weighted by Crippen LogP contribution is -1.87. The Hall–Kier alpha value is -3.38. The number of hydrogen-bond acceptors (Lipinski definition) is 5. The van der Waals surface area contributed by atoms with Gasteiger partial charge in [-0.05, 0) is 35.7 Å². The molecule has 0 spiro atoms. The highest BCUT2D eigenvalue weighted by Crippen LogP contribution is 2.46. The van der Waals surface area contributed by atoms with Crippen molar-refractivity contribution in [2.75, 3.05) is 0 Å². The van der Waals surface area contributed by atoms with Crippen LogP contribution in [0.5, 0.6) is 0 Å². The lowest BCUT2D eigenvalue weighted by Gasteiger charge is -2.05. The van der Waals surface area contributed by atoms with Gasteiger partial charge in [0.1, 0.15) is 12.0 Å². The van der Waals surface area contributed by atoms with Crippen molar-refractivity contribution in [2.24, 2.45) is 0 Å². The second kappa shape index (κ2) is 6.16. The van der Waals surface area contributed by atoms with E-state index in [9.17, 15) is 0 Å². The van der Waals surface area contributed by atoms with Crippen LogP contribution in [0, 0.1) is 0 Å². The first-order valence-electron chi connectivity index (χ1n) is 8.07. The Morgan fingerprint density at radius 1 is 0.808 bits per heavy atom. The molecule has 0 amide bonds. The Bertz CT molecular complexity index is 1110. The Morgan fingerprint density at radius 3 is 2.50 bits per heavy atom. The van der Waals surface area contributed by atoms with Gasteiger partial charge in [-0.25, -0.2) is 4.98 Å². The average Bonchev–Trinajstić information content (AvgIpc) is 3.49. The third-order valence-electron chi connectivity index (χ3n) is 4.10. The predicted molar refractivity (Wildman–Crippen MR) is 101 cm³/mol. The van der Waals surface area contributed by atoms with Gasteiger partial charge >= 0.3 is 0 Å². The first-order valence-corrected chi connectivity index (χ1v) is 8.95. The number of furan rings is 1. The summed E-state index contributed by atoms with van der Waals surface area (Å²) in [6.45, 7) is 0. The molecule has 0 bridgehead atoms. The summed E-state index contributed by atoms with van der Waals surface area (Å²) in [6.07, 6.45) is 6.65. The molecule has 5 nitrogen and oxygen atoms in total. The zero-order valence-electron chi connectivity index (χ0n) is 13.5. The Morgan fingerprint density at radius 2 is 1.81 bits per heavy atom. The zero-order valence-corrected chi connectivity index (χ0v) is 14.4. The van der Waals surface area contributed by atoms with Crippen molar-refractivity contribution >= 4 is 11.3 Å². The first kappa shape index (κ1) is 14.9. The van der Waals surface area contributed by atoms with E-state index in [4.69, 9.17) is 8.83 Å². The fourth-order valence-corrected chi connectivity index (χ4v) is 3.83. The van der Waals surface area contributed by atoms with Gasteiger partial charge < -0.3 is 13.8 Å². The van der Waals surface area contributed by atoms with Crippen LogP contribution in [0.1, 0.15) is 0 Å². The number of rotatable bonds is 4.